The van der Waals surface area contributed by atoms with Crippen LogP contribution in [0.1, 0.15) is 29.5 Å². The number of nitrogens with one attached hydrogen (secondary N) is 3. The van der Waals surface area contributed by atoms with Gasteiger partial charge in [0.25, 0.3) is 0 Å². The molecule has 4 rings (SSSR count). The summed E-state index contributed by atoms with van der Waals surface area (Å²) in [6.07, 6.45) is 2.02. The molecular weight excluding hydrogens is 394 g/mol. The Morgan fingerprint density at radius 2 is 1.63 bits per heavy atom. The van der Waals surface area contributed by atoms with Crippen molar-refractivity contribution in [2.45, 2.75) is 24.9 Å². The molecule has 0 saturated heterocycles. The molecule has 0 heterocycles. The minimum Gasteiger partial charge on any atom is -0.366 e. The summed E-state index contributed by atoms with van der Waals surface area (Å²) >= 11 is 5.77. The third-order valence-corrected chi connectivity index (χ3v) is 5.86. The minimum absolute atomic E-state index is 0.170. The van der Waals surface area contributed by atoms with Crippen molar-refractivity contribution in [3.8, 4) is 0 Å². The van der Waals surface area contributed by atoms with Crippen molar-refractivity contribution in [1.82, 2.24) is 16.0 Å². The van der Waals surface area contributed by atoms with Gasteiger partial charge in [-0.05, 0) is 34.7 Å². The van der Waals surface area contributed by atoms with Gasteiger partial charge in [0.15, 0.2) is 0 Å². The third kappa shape index (κ3) is 3.91. The number of hydrogen-bond donors (Lipinski definition) is 3. The molecule has 1 aliphatic carbocycles. The summed E-state index contributed by atoms with van der Waals surface area (Å²) in [6, 6.07) is 22.4. The largest absolute Gasteiger partial charge is 0.366 e. The molecule has 1 saturated carbocycles. The van der Waals surface area contributed by atoms with E-state index in [1.807, 2.05) is 30.3 Å². The predicted octanol–water partition coefficient (Wildman–Crippen LogP) is 3.16. The normalized spacial score (nSPS) is 14.0. The summed E-state index contributed by atoms with van der Waals surface area (Å²) in [4.78, 5) is 23.9. The van der Waals surface area contributed by atoms with Gasteiger partial charge in [-0.15, -0.1) is 0 Å². The van der Waals surface area contributed by atoms with Crippen LogP contribution < -0.4 is 16.0 Å². The zero-order chi connectivity index (χ0) is 21.1. The van der Waals surface area contributed by atoms with Crippen molar-refractivity contribution in [2.24, 2.45) is 0 Å². The van der Waals surface area contributed by atoms with E-state index in [1.54, 1.807) is 0 Å². The lowest BCUT2D eigenvalue weighted by atomic mass is 9.96. The summed E-state index contributed by atoms with van der Waals surface area (Å²) in [5.74, 6) is -1.33. The number of carbonyl (C=O) groups is 2. The van der Waals surface area contributed by atoms with Crippen LogP contribution in [0.2, 0.25) is 0 Å². The van der Waals surface area contributed by atoms with Gasteiger partial charge in [0.05, 0.1) is 5.54 Å². The van der Waals surface area contributed by atoms with Crippen molar-refractivity contribution in [3.63, 3.8) is 0 Å². The van der Waals surface area contributed by atoms with Gasteiger partial charge in [0.1, 0.15) is 4.99 Å². The fourth-order valence-electron chi connectivity index (χ4n) is 3.78. The van der Waals surface area contributed by atoms with Gasteiger partial charge in [0.2, 0.25) is 0 Å². The van der Waals surface area contributed by atoms with Crippen molar-refractivity contribution < 1.29 is 9.59 Å². The second kappa shape index (κ2) is 8.24. The average Bonchev–Trinajstić information content (AvgIpc) is 3.56. The molecule has 2 amide bonds. The van der Waals surface area contributed by atoms with Crippen LogP contribution in [0.3, 0.4) is 0 Å². The molecule has 0 aliphatic heterocycles. The Morgan fingerprint density at radius 3 is 2.40 bits per heavy atom. The summed E-state index contributed by atoms with van der Waals surface area (Å²) in [5.41, 5.74) is 2.81. The quantitative estimate of drug-likeness (QED) is 0.441. The van der Waals surface area contributed by atoms with E-state index in [-0.39, 0.29) is 12.1 Å². The highest BCUT2D eigenvalue weighted by Gasteiger charge is 2.46. The number of hydrogen-bond acceptors (Lipinski definition) is 3. The van der Waals surface area contributed by atoms with Crippen molar-refractivity contribution in [1.29, 1.82) is 0 Å². The zero-order valence-electron chi connectivity index (χ0n) is 16.7. The number of likely N-dealkylation sites (N-methyl/N-ethyl adjacent to an activating group) is 1. The van der Waals surface area contributed by atoms with E-state index < -0.39 is 11.8 Å². The Hall–Kier alpha value is -3.25. The average molecular weight is 418 g/mol. The summed E-state index contributed by atoms with van der Waals surface area (Å²) in [7, 11) is 1.43. The van der Waals surface area contributed by atoms with Crippen LogP contribution in [-0.4, -0.2) is 23.9 Å². The first kappa shape index (κ1) is 20.0. The van der Waals surface area contributed by atoms with E-state index in [1.165, 1.54) is 23.4 Å². The molecule has 5 nitrogen and oxygen atoms in total. The summed E-state index contributed by atoms with van der Waals surface area (Å²) < 4.78 is 0. The molecule has 1 aliphatic rings. The lowest BCUT2D eigenvalue weighted by Gasteiger charge is -2.23. The van der Waals surface area contributed by atoms with Gasteiger partial charge < -0.3 is 16.0 Å². The van der Waals surface area contributed by atoms with Crippen LogP contribution in [-0.2, 0) is 21.7 Å². The molecule has 0 bridgehead atoms. The van der Waals surface area contributed by atoms with Crippen LogP contribution in [0.15, 0.2) is 66.7 Å². The molecule has 30 heavy (non-hydrogen) atoms. The molecule has 0 unspecified atom stereocenters. The first-order valence-electron chi connectivity index (χ1n) is 9.93. The van der Waals surface area contributed by atoms with Crippen molar-refractivity contribution >= 4 is 39.8 Å². The SMILES string of the molecule is CNC(=O)C(=O)NCc1ccccc1C(=S)NC1(c2cccc3ccccc23)CC1. The monoisotopic (exact) mass is 417 g/mol. The summed E-state index contributed by atoms with van der Waals surface area (Å²) in [5, 5.41) is 11.0. The Kier molecular flexibility index (Phi) is 5.50. The molecule has 0 aromatic heterocycles. The highest BCUT2D eigenvalue weighted by Crippen LogP contribution is 2.48. The molecule has 0 spiro atoms. The Labute approximate surface area is 180 Å². The van der Waals surface area contributed by atoms with E-state index in [4.69, 9.17) is 12.2 Å². The molecule has 0 atom stereocenters. The summed E-state index contributed by atoms with van der Waals surface area (Å²) in [6.45, 7) is 0.228. The van der Waals surface area contributed by atoms with Gasteiger partial charge in [0, 0.05) is 19.2 Å². The number of fused-ring (bicyclic) bond motifs is 1. The van der Waals surface area contributed by atoms with Gasteiger partial charge in [-0.1, -0.05) is 78.9 Å². The predicted molar refractivity (Wildman–Crippen MR) is 122 cm³/mol. The molecule has 3 N–H and O–H groups in total. The number of carbonyl (C=O) groups excluding carboxylic acids is 2. The van der Waals surface area contributed by atoms with Crippen LogP contribution in [0.25, 0.3) is 10.8 Å². The molecule has 0 radical (unpaired) electrons. The van der Waals surface area contributed by atoms with E-state index in [0.717, 1.165) is 24.0 Å². The Bertz CT molecular complexity index is 1130. The lowest BCUT2D eigenvalue weighted by molar-refractivity contribution is -0.139. The Morgan fingerprint density at radius 1 is 0.933 bits per heavy atom. The van der Waals surface area contributed by atoms with Gasteiger partial charge in [-0.2, -0.15) is 0 Å². The van der Waals surface area contributed by atoms with E-state index >= 15 is 0 Å². The minimum atomic E-state index is -0.666. The standard InChI is InChI=1S/C24H23N3O2S/c1-25-21(28)22(29)26-15-17-8-3-5-11-19(17)23(30)27-24(13-14-24)20-12-6-9-16-7-2-4-10-18(16)20/h2-12H,13-15H2,1H3,(H,25,28)(H,26,29)(H,27,30). The van der Waals surface area contributed by atoms with E-state index in [9.17, 15) is 9.59 Å². The van der Waals surface area contributed by atoms with E-state index in [2.05, 4.69) is 52.3 Å². The number of thiocarbonyl (C=S) groups is 1. The topological polar surface area (TPSA) is 70.2 Å². The number of benzene rings is 3. The second-order valence-corrected chi connectivity index (χ2v) is 7.89. The van der Waals surface area contributed by atoms with Gasteiger partial charge in [-0.3, -0.25) is 9.59 Å². The zero-order valence-corrected chi connectivity index (χ0v) is 17.5. The number of amides is 2. The van der Waals surface area contributed by atoms with Gasteiger partial charge >= 0.3 is 11.8 Å². The molecule has 3 aromatic carbocycles. The van der Waals surface area contributed by atoms with E-state index in [0.29, 0.717) is 4.99 Å². The van der Waals surface area contributed by atoms with Crippen molar-refractivity contribution in [2.75, 3.05) is 7.05 Å². The maximum atomic E-state index is 11.8. The molecule has 3 aromatic rings. The highest BCUT2D eigenvalue weighted by atomic mass is 32.1. The molecule has 152 valence electrons. The first-order chi connectivity index (χ1) is 14.5. The fourth-order valence-corrected chi connectivity index (χ4v) is 4.17. The van der Waals surface area contributed by atoms with Gasteiger partial charge in [-0.25, -0.2) is 0 Å². The molecule has 1 fully saturated rings. The number of rotatable bonds is 5. The fraction of sp³-hybridized carbons (Fsp3) is 0.208. The van der Waals surface area contributed by atoms with Crippen LogP contribution in [0.4, 0.5) is 0 Å². The maximum Gasteiger partial charge on any atom is 0.309 e. The Balaban J connectivity index is 1.56. The van der Waals surface area contributed by atoms with Crippen molar-refractivity contribution in [3.05, 3.63) is 83.4 Å². The third-order valence-electron chi connectivity index (χ3n) is 5.54. The lowest BCUT2D eigenvalue weighted by Crippen LogP contribution is -2.38. The second-order valence-electron chi connectivity index (χ2n) is 7.48. The van der Waals surface area contributed by atoms with Crippen LogP contribution in [0, 0.1) is 0 Å². The smallest absolute Gasteiger partial charge is 0.309 e. The molecule has 6 heteroatoms. The molecular formula is C24H23N3O2S. The maximum absolute atomic E-state index is 11.8. The van der Waals surface area contributed by atoms with Crippen LogP contribution in [0.5, 0.6) is 0 Å². The van der Waals surface area contributed by atoms with Crippen LogP contribution >= 0.6 is 12.2 Å². The highest BCUT2D eigenvalue weighted by molar-refractivity contribution is 7.80. The first-order valence-corrected chi connectivity index (χ1v) is 10.3.